The highest BCUT2D eigenvalue weighted by molar-refractivity contribution is 5.72. The smallest absolute Gasteiger partial charge is 0.137 e. The molecule has 0 bridgehead atoms. The topological polar surface area (TPSA) is 43.6 Å². The minimum atomic E-state index is -0.460. The summed E-state index contributed by atoms with van der Waals surface area (Å²) in [6, 6.07) is 3.87. The van der Waals surface area contributed by atoms with Gasteiger partial charge < -0.3 is 0 Å². The molecule has 4 nitrogen and oxygen atoms in total. The number of aromatic nitrogens is 4. The maximum Gasteiger partial charge on any atom is 0.137 e. The molecule has 2 aromatic heterocycles. The molecule has 1 aliphatic heterocycles. The summed E-state index contributed by atoms with van der Waals surface area (Å²) < 4.78 is 16.8. The number of rotatable bonds is 1. The molecule has 0 radical (unpaired) electrons. The van der Waals surface area contributed by atoms with Crippen LogP contribution in [0.2, 0.25) is 0 Å². The van der Waals surface area contributed by atoms with Crippen LogP contribution in [0, 0.1) is 5.92 Å². The minimum absolute atomic E-state index is 0.0548. The van der Waals surface area contributed by atoms with Gasteiger partial charge >= 0.3 is 0 Å². The fraction of sp³-hybridized carbons (Fsp3) is 0.312. The first-order valence-corrected chi connectivity index (χ1v) is 7.21. The van der Waals surface area contributed by atoms with Gasteiger partial charge in [0.15, 0.2) is 0 Å². The van der Waals surface area contributed by atoms with Crippen molar-refractivity contribution in [3.63, 3.8) is 0 Å². The lowest BCUT2D eigenvalue weighted by atomic mass is 9.83. The second kappa shape index (κ2) is 3.67. The monoisotopic (exact) mass is 280 g/mol. The number of aryl methyl sites for hydroxylation is 1. The molecule has 1 saturated carbocycles. The number of pyridine rings is 1. The van der Waals surface area contributed by atoms with Crippen LogP contribution in [0.4, 0.5) is 4.39 Å². The number of nitrogens with zero attached hydrogens (tertiary/aromatic N) is 4. The average Bonchev–Trinajstić information content (AvgIpc) is 3.12. The van der Waals surface area contributed by atoms with Crippen LogP contribution >= 0.6 is 0 Å². The van der Waals surface area contributed by atoms with Crippen LogP contribution < -0.4 is 0 Å². The lowest BCUT2D eigenvalue weighted by molar-refractivity contribution is 0.505. The Balaban J connectivity index is 1.67. The summed E-state index contributed by atoms with van der Waals surface area (Å²) in [5.41, 5.74) is 2.82. The molecule has 2 atom stereocenters. The van der Waals surface area contributed by atoms with Crippen molar-refractivity contribution in [3.8, 4) is 0 Å². The van der Waals surface area contributed by atoms with E-state index in [4.69, 9.17) is 0 Å². The molecule has 21 heavy (non-hydrogen) atoms. The van der Waals surface area contributed by atoms with Gasteiger partial charge in [-0.1, -0.05) is 6.07 Å². The van der Waals surface area contributed by atoms with E-state index in [1.807, 2.05) is 16.7 Å². The zero-order valence-corrected chi connectivity index (χ0v) is 11.3. The summed E-state index contributed by atoms with van der Waals surface area (Å²) in [5.74, 6) is 1.13. The second-order valence-electron chi connectivity index (χ2n) is 5.99. The van der Waals surface area contributed by atoms with Gasteiger partial charge in [0.1, 0.15) is 18.0 Å². The molecule has 0 spiro atoms. The maximum atomic E-state index is 14.9. The van der Waals surface area contributed by atoms with Gasteiger partial charge in [-0.25, -0.2) is 4.39 Å². The van der Waals surface area contributed by atoms with Crippen molar-refractivity contribution in [1.82, 2.24) is 19.7 Å². The summed E-state index contributed by atoms with van der Waals surface area (Å²) in [4.78, 5) is 4.16. The predicted octanol–water partition coefficient (Wildman–Crippen LogP) is 2.66. The van der Waals surface area contributed by atoms with Gasteiger partial charge in [-0.3, -0.25) is 9.55 Å². The van der Waals surface area contributed by atoms with E-state index >= 15 is 0 Å². The van der Waals surface area contributed by atoms with Crippen molar-refractivity contribution < 1.29 is 4.39 Å². The highest BCUT2D eigenvalue weighted by Crippen LogP contribution is 2.66. The first-order chi connectivity index (χ1) is 10.3. The highest BCUT2D eigenvalue weighted by atomic mass is 19.1. The Bertz CT molecular complexity index is 805. The Labute approximate surface area is 121 Å². The van der Waals surface area contributed by atoms with Gasteiger partial charge in [-0.15, -0.1) is 10.2 Å². The Morgan fingerprint density at radius 2 is 2.29 bits per heavy atom. The first kappa shape index (κ1) is 11.4. The van der Waals surface area contributed by atoms with E-state index in [-0.39, 0.29) is 11.7 Å². The van der Waals surface area contributed by atoms with Gasteiger partial charge in [-0.2, -0.15) is 0 Å². The van der Waals surface area contributed by atoms with E-state index in [2.05, 4.69) is 15.2 Å². The standard InChI is InChI=1S/C16H13FN4/c17-14-6-13-11(3-4-15-20-19-9-21(13)15)12-7-16(12,14)10-2-1-5-18-8-10/h1-2,5-6,8-9,12H,3-4,7H2. The third-order valence-corrected chi connectivity index (χ3v) is 5.07. The molecule has 104 valence electrons. The van der Waals surface area contributed by atoms with E-state index in [0.29, 0.717) is 0 Å². The molecule has 2 aliphatic carbocycles. The zero-order valence-electron chi connectivity index (χ0n) is 11.3. The Hall–Kier alpha value is -2.30. The SMILES string of the molecule is FC1=CC2=C(CCc3nncn32)C2CC12c1cccnc1. The van der Waals surface area contributed by atoms with Gasteiger partial charge in [0.25, 0.3) is 0 Å². The molecule has 2 unspecified atom stereocenters. The average molecular weight is 280 g/mol. The molecule has 5 heteroatoms. The molecular weight excluding hydrogens is 267 g/mol. The van der Waals surface area contributed by atoms with E-state index in [1.54, 1.807) is 24.8 Å². The fourth-order valence-corrected chi connectivity index (χ4v) is 3.95. The number of hydrogen-bond donors (Lipinski definition) is 0. The highest BCUT2D eigenvalue weighted by Gasteiger charge is 2.62. The third-order valence-electron chi connectivity index (χ3n) is 5.07. The van der Waals surface area contributed by atoms with Crippen molar-refractivity contribution in [2.45, 2.75) is 24.7 Å². The number of allylic oxidation sites excluding steroid dienone is 4. The molecule has 3 heterocycles. The van der Waals surface area contributed by atoms with Crippen LogP contribution in [-0.4, -0.2) is 19.7 Å². The summed E-state index contributed by atoms with van der Waals surface area (Å²) >= 11 is 0. The third kappa shape index (κ3) is 1.31. The van der Waals surface area contributed by atoms with Crippen LogP contribution in [0.1, 0.15) is 24.2 Å². The lowest BCUT2D eigenvalue weighted by Gasteiger charge is -2.27. The van der Waals surface area contributed by atoms with E-state index in [1.165, 1.54) is 5.57 Å². The molecule has 3 aliphatic rings. The Morgan fingerprint density at radius 3 is 3.14 bits per heavy atom. The minimum Gasteiger partial charge on any atom is -0.286 e. The van der Waals surface area contributed by atoms with E-state index in [0.717, 1.165) is 36.3 Å². The maximum absolute atomic E-state index is 14.9. The first-order valence-electron chi connectivity index (χ1n) is 7.21. The molecule has 2 aromatic rings. The van der Waals surface area contributed by atoms with Crippen molar-refractivity contribution in [2.24, 2.45) is 5.92 Å². The summed E-state index contributed by atoms with van der Waals surface area (Å²) in [6.07, 6.45) is 9.57. The molecule has 0 amide bonds. The van der Waals surface area contributed by atoms with Crippen molar-refractivity contribution >= 4 is 5.70 Å². The van der Waals surface area contributed by atoms with Gasteiger partial charge in [0, 0.05) is 18.8 Å². The lowest BCUT2D eigenvalue weighted by Crippen LogP contribution is -2.21. The molecule has 0 N–H and O–H groups in total. The molecule has 0 aromatic carbocycles. The predicted molar refractivity (Wildman–Crippen MR) is 74.8 cm³/mol. The Kier molecular flexibility index (Phi) is 1.98. The summed E-state index contributed by atoms with van der Waals surface area (Å²) in [6.45, 7) is 0. The van der Waals surface area contributed by atoms with Crippen LogP contribution in [0.15, 0.2) is 48.3 Å². The summed E-state index contributed by atoms with van der Waals surface area (Å²) in [5, 5.41) is 8.06. The van der Waals surface area contributed by atoms with Crippen molar-refractivity contribution in [1.29, 1.82) is 0 Å². The number of hydrogen-bond acceptors (Lipinski definition) is 3. The van der Waals surface area contributed by atoms with E-state index < -0.39 is 5.41 Å². The normalized spacial score (nSPS) is 29.4. The van der Waals surface area contributed by atoms with Crippen molar-refractivity contribution in [2.75, 3.05) is 0 Å². The van der Waals surface area contributed by atoms with Crippen LogP contribution in [0.25, 0.3) is 5.70 Å². The van der Waals surface area contributed by atoms with Crippen LogP contribution in [0.3, 0.4) is 0 Å². The second-order valence-corrected chi connectivity index (χ2v) is 5.99. The van der Waals surface area contributed by atoms with Gasteiger partial charge in [-0.05, 0) is 42.0 Å². The van der Waals surface area contributed by atoms with Crippen LogP contribution in [-0.2, 0) is 11.8 Å². The molecule has 5 rings (SSSR count). The Morgan fingerprint density at radius 1 is 1.33 bits per heavy atom. The largest absolute Gasteiger partial charge is 0.286 e. The zero-order chi connectivity index (χ0) is 14.0. The molecular formula is C16H13FN4. The quantitative estimate of drug-likeness (QED) is 0.806. The number of halogens is 1. The fourth-order valence-electron chi connectivity index (χ4n) is 3.95. The summed E-state index contributed by atoms with van der Waals surface area (Å²) in [7, 11) is 0. The van der Waals surface area contributed by atoms with Crippen LogP contribution in [0.5, 0.6) is 0 Å². The van der Waals surface area contributed by atoms with Crippen molar-refractivity contribution in [3.05, 3.63) is 59.7 Å². The van der Waals surface area contributed by atoms with E-state index in [9.17, 15) is 4.39 Å². The van der Waals surface area contributed by atoms with Gasteiger partial charge in [0.2, 0.25) is 0 Å². The number of fused-ring (bicyclic) bond motifs is 4. The van der Waals surface area contributed by atoms with Gasteiger partial charge in [0.05, 0.1) is 11.1 Å². The molecule has 0 saturated heterocycles. The molecule has 1 fully saturated rings.